The highest BCUT2D eigenvalue weighted by Crippen LogP contribution is 2.22. The van der Waals surface area contributed by atoms with Crippen LogP contribution in [0.5, 0.6) is 5.75 Å². The first kappa shape index (κ1) is 23.1. The van der Waals surface area contributed by atoms with Crippen molar-refractivity contribution in [3.8, 4) is 5.75 Å². The van der Waals surface area contributed by atoms with E-state index >= 15 is 0 Å². The van der Waals surface area contributed by atoms with E-state index in [2.05, 4.69) is 20.9 Å². The van der Waals surface area contributed by atoms with Gasteiger partial charge in [0.05, 0.1) is 17.7 Å². The molecule has 1 heterocycles. The molecule has 0 saturated heterocycles. The van der Waals surface area contributed by atoms with Crippen molar-refractivity contribution in [2.75, 3.05) is 12.4 Å². The van der Waals surface area contributed by atoms with E-state index in [1.54, 1.807) is 62.6 Å². The zero-order chi connectivity index (χ0) is 24.1. The van der Waals surface area contributed by atoms with Crippen molar-refractivity contribution in [2.24, 2.45) is 12.1 Å². The van der Waals surface area contributed by atoms with Crippen molar-refractivity contribution in [1.82, 2.24) is 15.2 Å². The van der Waals surface area contributed by atoms with Crippen LogP contribution < -0.4 is 15.5 Å². The molecule has 2 aromatic carbocycles. The molecule has 1 aromatic heterocycles. The number of ether oxygens (including phenoxy) is 1. The summed E-state index contributed by atoms with van der Waals surface area (Å²) >= 11 is 0. The fourth-order valence-electron chi connectivity index (χ4n) is 3.11. The number of amides is 2. The highest BCUT2D eigenvalue weighted by molar-refractivity contribution is 6.05. The number of hydrazone groups is 1. The molecule has 0 aliphatic rings. The molecule has 0 bridgehead atoms. The van der Waals surface area contributed by atoms with Crippen LogP contribution in [0.2, 0.25) is 0 Å². The summed E-state index contributed by atoms with van der Waals surface area (Å²) < 4.78 is 6.23. The molecule has 0 saturated carbocycles. The number of aryl methyl sites for hydroxylation is 2. The molecule has 3 rings (SSSR count). The molecule has 11 heteroatoms. The fraction of sp³-hybridized carbons (Fsp3) is 0.182. The fourth-order valence-corrected chi connectivity index (χ4v) is 3.11. The number of carbonyl (C=O) groups is 2. The van der Waals surface area contributed by atoms with Crippen LogP contribution in [-0.4, -0.2) is 39.3 Å². The average molecular weight is 450 g/mol. The van der Waals surface area contributed by atoms with Gasteiger partial charge in [-0.1, -0.05) is 12.1 Å². The Hall–Kier alpha value is -4.54. The number of carbonyl (C=O) groups excluding carboxylic acids is 2. The van der Waals surface area contributed by atoms with Gasteiger partial charge in [0.15, 0.2) is 0 Å². The molecule has 0 radical (unpaired) electrons. The molecule has 33 heavy (non-hydrogen) atoms. The first-order valence-electron chi connectivity index (χ1n) is 9.79. The Morgan fingerprint density at radius 2 is 1.67 bits per heavy atom. The van der Waals surface area contributed by atoms with E-state index in [0.29, 0.717) is 28.3 Å². The second-order valence-corrected chi connectivity index (χ2v) is 7.06. The average Bonchev–Trinajstić information content (AvgIpc) is 3.11. The number of nitrogens with zero attached hydrogens (tertiary/aromatic N) is 4. The normalized spacial score (nSPS) is 11.1. The number of nitro groups is 1. The number of benzene rings is 2. The van der Waals surface area contributed by atoms with E-state index in [9.17, 15) is 19.7 Å². The Morgan fingerprint density at radius 1 is 1.06 bits per heavy atom. The summed E-state index contributed by atoms with van der Waals surface area (Å²) in [6, 6.07) is 13.6. The van der Waals surface area contributed by atoms with Gasteiger partial charge in [-0.15, -0.1) is 0 Å². The van der Waals surface area contributed by atoms with E-state index in [0.717, 1.165) is 4.68 Å². The van der Waals surface area contributed by atoms with Gasteiger partial charge in [0, 0.05) is 18.3 Å². The lowest BCUT2D eigenvalue weighted by atomic mass is 10.1. The van der Waals surface area contributed by atoms with Gasteiger partial charge in [0.1, 0.15) is 11.4 Å². The summed E-state index contributed by atoms with van der Waals surface area (Å²) in [5.74, 6) is -0.352. The molecule has 0 fully saturated rings. The van der Waals surface area contributed by atoms with E-state index in [4.69, 9.17) is 4.74 Å². The zero-order valence-corrected chi connectivity index (χ0v) is 18.4. The van der Waals surface area contributed by atoms with E-state index in [-0.39, 0.29) is 23.0 Å². The second-order valence-electron chi connectivity index (χ2n) is 7.06. The first-order chi connectivity index (χ1) is 15.7. The summed E-state index contributed by atoms with van der Waals surface area (Å²) in [5.41, 5.74) is 4.14. The minimum absolute atomic E-state index is 0.139. The van der Waals surface area contributed by atoms with Crippen molar-refractivity contribution >= 4 is 28.9 Å². The van der Waals surface area contributed by atoms with Gasteiger partial charge in [-0.3, -0.25) is 24.4 Å². The van der Waals surface area contributed by atoms with Crippen molar-refractivity contribution in [2.45, 2.75) is 13.8 Å². The van der Waals surface area contributed by atoms with Crippen LogP contribution in [-0.2, 0) is 7.05 Å². The molecular formula is C22H22N6O5. The Labute approximate surface area is 189 Å². The largest absolute Gasteiger partial charge is 0.497 e. The lowest BCUT2D eigenvalue weighted by Crippen LogP contribution is -2.23. The van der Waals surface area contributed by atoms with Gasteiger partial charge < -0.3 is 10.1 Å². The van der Waals surface area contributed by atoms with Crippen LogP contribution in [0.1, 0.15) is 39.0 Å². The van der Waals surface area contributed by atoms with Crippen LogP contribution in [0.25, 0.3) is 0 Å². The molecule has 2 amide bonds. The molecule has 0 aliphatic carbocycles. The topological polar surface area (TPSA) is 141 Å². The Morgan fingerprint density at radius 3 is 2.24 bits per heavy atom. The maximum Gasteiger partial charge on any atom is 0.322 e. The van der Waals surface area contributed by atoms with Crippen LogP contribution in [0, 0.1) is 17.0 Å². The molecular weight excluding hydrogens is 428 g/mol. The molecule has 0 atom stereocenters. The van der Waals surface area contributed by atoms with Crippen LogP contribution in [0.15, 0.2) is 53.6 Å². The van der Waals surface area contributed by atoms with Crippen LogP contribution >= 0.6 is 0 Å². The number of rotatable bonds is 7. The van der Waals surface area contributed by atoms with E-state index < -0.39 is 10.8 Å². The van der Waals surface area contributed by atoms with Gasteiger partial charge in [-0.25, -0.2) is 5.43 Å². The van der Waals surface area contributed by atoms with Crippen molar-refractivity contribution in [1.29, 1.82) is 0 Å². The predicted molar refractivity (Wildman–Crippen MR) is 122 cm³/mol. The molecule has 11 nitrogen and oxygen atoms in total. The number of aromatic nitrogens is 2. The molecule has 0 spiro atoms. The lowest BCUT2D eigenvalue weighted by molar-refractivity contribution is -0.385. The molecule has 170 valence electrons. The van der Waals surface area contributed by atoms with Crippen molar-refractivity contribution in [3.05, 3.63) is 81.2 Å². The number of anilines is 1. The van der Waals surface area contributed by atoms with Crippen LogP contribution in [0.4, 0.5) is 11.4 Å². The van der Waals surface area contributed by atoms with Gasteiger partial charge in [-0.2, -0.15) is 10.2 Å². The van der Waals surface area contributed by atoms with E-state index in [1.165, 1.54) is 14.0 Å². The first-order valence-corrected chi connectivity index (χ1v) is 9.79. The molecule has 0 unspecified atom stereocenters. The zero-order valence-electron chi connectivity index (χ0n) is 18.4. The van der Waals surface area contributed by atoms with Gasteiger partial charge in [0.25, 0.3) is 11.8 Å². The third-order valence-corrected chi connectivity index (χ3v) is 4.83. The Bertz CT molecular complexity index is 1230. The van der Waals surface area contributed by atoms with Gasteiger partial charge in [0.2, 0.25) is 5.69 Å². The van der Waals surface area contributed by atoms with Crippen molar-refractivity contribution < 1.29 is 19.2 Å². The minimum atomic E-state index is -0.743. The van der Waals surface area contributed by atoms with Gasteiger partial charge in [-0.05, 0) is 55.8 Å². The molecule has 3 aromatic rings. The maximum atomic E-state index is 12.5. The molecule has 2 N–H and O–H groups in total. The summed E-state index contributed by atoms with van der Waals surface area (Å²) in [4.78, 5) is 35.4. The summed E-state index contributed by atoms with van der Waals surface area (Å²) in [6.45, 7) is 3.13. The Kier molecular flexibility index (Phi) is 6.82. The smallest absolute Gasteiger partial charge is 0.322 e. The number of methoxy groups -OCH3 is 1. The summed E-state index contributed by atoms with van der Waals surface area (Å²) in [6.07, 6.45) is 0. The number of hydrogen-bond acceptors (Lipinski definition) is 7. The lowest BCUT2D eigenvalue weighted by Gasteiger charge is -2.08. The minimum Gasteiger partial charge on any atom is -0.497 e. The monoisotopic (exact) mass is 450 g/mol. The standard InChI is InChI=1S/C22H22N6O5/c1-13(24-25-22(30)20-19(28(31)32)14(2)26-27(20)3)15-5-9-17(10-6-15)23-21(29)16-7-11-18(33-4)12-8-16/h5-12H,1-4H3,(H,23,29)(H,25,30)/b24-13-. The third kappa shape index (κ3) is 5.21. The van der Waals surface area contributed by atoms with Crippen LogP contribution in [0.3, 0.4) is 0 Å². The highest BCUT2D eigenvalue weighted by atomic mass is 16.6. The Balaban J connectivity index is 1.67. The third-order valence-electron chi connectivity index (χ3n) is 4.83. The second kappa shape index (κ2) is 9.73. The predicted octanol–water partition coefficient (Wildman–Crippen LogP) is 3.05. The van der Waals surface area contributed by atoms with E-state index in [1.807, 2.05) is 0 Å². The number of nitrogens with one attached hydrogen (secondary N) is 2. The highest BCUT2D eigenvalue weighted by Gasteiger charge is 2.29. The maximum absolute atomic E-state index is 12.5. The van der Waals surface area contributed by atoms with Gasteiger partial charge >= 0.3 is 5.69 Å². The quantitative estimate of drug-likeness (QED) is 0.322. The SMILES string of the molecule is COc1ccc(C(=O)Nc2ccc(/C(C)=N\NC(=O)c3c([N+](=O)[O-])c(C)nn3C)cc2)cc1. The number of hydrogen-bond donors (Lipinski definition) is 2. The van der Waals surface area contributed by atoms with Crippen molar-refractivity contribution in [3.63, 3.8) is 0 Å². The summed E-state index contributed by atoms with van der Waals surface area (Å²) in [5, 5.41) is 22.0. The summed E-state index contributed by atoms with van der Waals surface area (Å²) in [7, 11) is 3.00. The molecule has 0 aliphatic heterocycles.